The molecule has 0 aliphatic heterocycles. The first-order valence-electron chi connectivity index (χ1n) is 8.42. The Morgan fingerprint density at radius 3 is 1.93 bits per heavy atom. The summed E-state index contributed by atoms with van der Waals surface area (Å²) in [7, 11) is 0. The molecule has 10 heteroatoms. The van der Waals surface area contributed by atoms with Crippen molar-refractivity contribution in [3.63, 3.8) is 0 Å². The third-order valence-electron chi connectivity index (χ3n) is 3.95. The number of rotatable bonds is 4. The molecule has 2 N–H and O–H groups in total. The lowest BCUT2D eigenvalue weighted by Gasteiger charge is -2.14. The van der Waals surface area contributed by atoms with Crippen molar-refractivity contribution in [3.8, 4) is 0 Å². The Hall–Kier alpha value is -3.56. The zero-order chi connectivity index (χ0) is 21.9. The Morgan fingerprint density at radius 1 is 0.767 bits per heavy atom. The molecule has 1 amide bonds. The van der Waals surface area contributed by atoms with Gasteiger partial charge in [-0.2, -0.15) is 26.3 Å². The predicted molar refractivity (Wildman–Crippen MR) is 98.4 cm³/mol. The summed E-state index contributed by atoms with van der Waals surface area (Å²) in [6, 6.07) is 11.1. The molecule has 3 aromatic rings. The van der Waals surface area contributed by atoms with Crippen LogP contribution in [0.15, 0.2) is 66.9 Å². The van der Waals surface area contributed by atoms with E-state index in [9.17, 15) is 31.1 Å². The second-order valence-electron chi connectivity index (χ2n) is 6.14. The van der Waals surface area contributed by atoms with Gasteiger partial charge in [-0.1, -0.05) is 12.1 Å². The van der Waals surface area contributed by atoms with E-state index in [1.54, 1.807) is 0 Å². The van der Waals surface area contributed by atoms with E-state index in [2.05, 4.69) is 15.6 Å². The first kappa shape index (κ1) is 21.2. The molecule has 1 aromatic heterocycles. The summed E-state index contributed by atoms with van der Waals surface area (Å²) in [5, 5.41) is 4.97. The Labute approximate surface area is 166 Å². The minimum atomic E-state index is -4.58. The van der Waals surface area contributed by atoms with Gasteiger partial charge in [0.1, 0.15) is 5.82 Å². The number of alkyl halides is 6. The fraction of sp³-hybridized carbons (Fsp3) is 0.100. The maximum atomic E-state index is 12.9. The SMILES string of the molecule is O=C(Nc1cccc(C(F)(F)F)c1)c1cccnc1Nc1cccc(C(F)(F)F)c1. The Bertz CT molecular complexity index is 1060. The van der Waals surface area contributed by atoms with Crippen molar-refractivity contribution < 1.29 is 31.1 Å². The second kappa shape index (κ2) is 8.05. The van der Waals surface area contributed by atoms with E-state index < -0.39 is 29.4 Å². The van der Waals surface area contributed by atoms with Gasteiger partial charge in [0, 0.05) is 17.6 Å². The van der Waals surface area contributed by atoms with Gasteiger partial charge in [0.15, 0.2) is 0 Å². The van der Waals surface area contributed by atoms with Crippen LogP contribution in [-0.2, 0) is 12.4 Å². The molecule has 0 spiro atoms. The van der Waals surface area contributed by atoms with Gasteiger partial charge in [0.25, 0.3) is 5.91 Å². The monoisotopic (exact) mass is 425 g/mol. The standard InChI is InChI=1S/C20H13F6N3O/c21-19(22,23)12-4-1-6-14(10-12)28-17-16(8-3-9-27-17)18(30)29-15-7-2-5-13(11-15)20(24,25)26/h1-11H,(H,27,28)(H,29,30). The number of nitrogens with one attached hydrogen (secondary N) is 2. The summed E-state index contributed by atoms with van der Waals surface area (Å²) < 4.78 is 77.2. The van der Waals surface area contributed by atoms with Crippen molar-refractivity contribution in [1.82, 2.24) is 4.98 Å². The maximum absolute atomic E-state index is 12.9. The van der Waals surface area contributed by atoms with Crippen molar-refractivity contribution in [3.05, 3.63) is 83.6 Å². The number of pyridine rings is 1. The number of halogens is 6. The molecular formula is C20H13F6N3O. The van der Waals surface area contributed by atoms with Crippen LogP contribution in [0, 0.1) is 0 Å². The summed E-state index contributed by atoms with van der Waals surface area (Å²) >= 11 is 0. The lowest BCUT2D eigenvalue weighted by Crippen LogP contribution is -2.15. The zero-order valence-corrected chi connectivity index (χ0v) is 15.0. The molecule has 1 heterocycles. The van der Waals surface area contributed by atoms with Crippen LogP contribution in [0.2, 0.25) is 0 Å². The molecule has 0 saturated carbocycles. The Morgan fingerprint density at radius 2 is 1.33 bits per heavy atom. The number of hydrogen-bond donors (Lipinski definition) is 2. The van der Waals surface area contributed by atoms with E-state index in [1.165, 1.54) is 36.5 Å². The highest BCUT2D eigenvalue weighted by atomic mass is 19.4. The van der Waals surface area contributed by atoms with Gasteiger partial charge in [0.05, 0.1) is 16.7 Å². The van der Waals surface area contributed by atoms with Crippen LogP contribution in [0.5, 0.6) is 0 Å². The highest BCUT2D eigenvalue weighted by Gasteiger charge is 2.31. The van der Waals surface area contributed by atoms with E-state index in [-0.39, 0.29) is 22.8 Å². The number of carbonyl (C=O) groups is 1. The molecule has 0 unspecified atom stereocenters. The molecule has 0 radical (unpaired) electrons. The number of carbonyl (C=O) groups excluding carboxylic acids is 1. The number of anilines is 3. The van der Waals surface area contributed by atoms with Crippen molar-refractivity contribution in [2.45, 2.75) is 12.4 Å². The summed E-state index contributed by atoms with van der Waals surface area (Å²) in [5.74, 6) is -0.835. The van der Waals surface area contributed by atoms with Crippen LogP contribution in [0.3, 0.4) is 0 Å². The van der Waals surface area contributed by atoms with Gasteiger partial charge in [-0.05, 0) is 48.5 Å². The molecule has 4 nitrogen and oxygen atoms in total. The van der Waals surface area contributed by atoms with Gasteiger partial charge < -0.3 is 10.6 Å². The third kappa shape index (κ3) is 5.07. The van der Waals surface area contributed by atoms with Crippen molar-refractivity contribution >= 4 is 23.1 Å². The number of amides is 1. The summed E-state index contributed by atoms with van der Waals surface area (Å²) in [6.45, 7) is 0. The molecule has 156 valence electrons. The lowest BCUT2D eigenvalue weighted by atomic mass is 10.1. The topological polar surface area (TPSA) is 54.0 Å². The molecule has 0 fully saturated rings. The van der Waals surface area contributed by atoms with E-state index in [4.69, 9.17) is 0 Å². The normalized spacial score (nSPS) is 11.8. The molecule has 0 aliphatic rings. The van der Waals surface area contributed by atoms with Crippen LogP contribution in [-0.4, -0.2) is 10.9 Å². The van der Waals surface area contributed by atoms with Crippen LogP contribution < -0.4 is 10.6 Å². The lowest BCUT2D eigenvalue weighted by molar-refractivity contribution is -0.138. The van der Waals surface area contributed by atoms with E-state index in [0.717, 1.165) is 30.3 Å². The van der Waals surface area contributed by atoms with Gasteiger partial charge in [0.2, 0.25) is 0 Å². The van der Waals surface area contributed by atoms with Crippen LogP contribution in [0.4, 0.5) is 43.5 Å². The van der Waals surface area contributed by atoms with E-state index in [1.807, 2.05) is 0 Å². The molecule has 0 aliphatic carbocycles. The molecule has 0 bridgehead atoms. The van der Waals surface area contributed by atoms with Gasteiger partial charge >= 0.3 is 12.4 Å². The van der Waals surface area contributed by atoms with Gasteiger partial charge in [-0.15, -0.1) is 0 Å². The number of nitrogens with zero attached hydrogens (tertiary/aromatic N) is 1. The third-order valence-corrected chi connectivity index (χ3v) is 3.95. The van der Waals surface area contributed by atoms with Crippen molar-refractivity contribution in [1.29, 1.82) is 0 Å². The quantitative estimate of drug-likeness (QED) is 0.496. The molecular weight excluding hydrogens is 412 g/mol. The second-order valence-corrected chi connectivity index (χ2v) is 6.14. The summed E-state index contributed by atoms with van der Waals surface area (Å²) in [5.41, 5.74) is -1.94. The van der Waals surface area contributed by atoms with Gasteiger partial charge in [-0.25, -0.2) is 4.98 Å². The van der Waals surface area contributed by atoms with Crippen molar-refractivity contribution in [2.24, 2.45) is 0 Å². The van der Waals surface area contributed by atoms with Crippen LogP contribution in [0.1, 0.15) is 21.5 Å². The minimum absolute atomic E-state index is 0.0386. The van der Waals surface area contributed by atoms with E-state index in [0.29, 0.717) is 0 Å². The molecule has 2 aromatic carbocycles. The average Bonchev–Trinajstić information content (AvgIpc) is 2.67. The van der Waals surface area contributed by atoms with E-state index >= 15 is 0 Å². The van der Waals surface area contributed by atoms with Gasteiger partial charge in [-0.3, -0.25) is 4.79 Å². The number of aromatic nitrogens is 1. The molecule has 0 saturated heterocycles. The molecule has 3 rings (SSSR count). The summed E-state index contributed by atoms with van der Waals surface area (Å²) in [4.78, 5) is 16.5. The molecule has 0 atom stereocenters. The number of hydrogen-bond acceptors (Lipinski definition) is 3. The largest absolute Gasteiger partial charge is 0.416 e. The average molecular weight is 425 g/mol. The zero-order valence-electron chi connectivity index (χ0n) is 15.0. The first-order chi connectivity index (χ1) is 14.0. The maximum Gasteiger partial charge on any atom is 0.416 e. The fourth-order valence-electron chi connectivity index (χ4n) is 2.57. The smallest absolute Gasteiger partial charge is 0.340 e. The first-order valence-corrected chi connectivity index (χ1v) is 8.42. The minimum Gasteiger partial charge on any atom is -0.340 e. The van der Waals surface area contributed by atoms with Crippen LogP contribution >= 0.6 is 0 Å². The fourth-order valence-corrected chi connectivity index (χ4v) is 2.57. The Kier molecular flexibility index (Phi) is 5.68. The van der Waals surface area contributed by atoms with Crippen molar-refractivity contribution in [2.75, 3.05) is 10.6 Å². The number of benzene rings is 2. The predicted octanol–water partition coefficient (Wildman–Crippen LogP) is 6.12. The highest BCUT2D eigenvalue weighted by molar-refractivity contribution is 6.07. The Balaban J connectivity index is 1.85. The molecule has 30 heavy (non-hydrogen) atoms. The highest BCUT2D eigenvalue weighted by Crippen LogP contribution is 2.32. The van der Waals surface area contributed by atoms with Crippen LogP contribution in [0.25, 0.3) is 0 Å². The summed E-state index contributed by atoms with van der Waals surface area (Å²) in [6.07, 6.45) is -7.81.